The number of hydrogen-bond donors (Lipinski definition) is 2. The first-order valence-electron chi connectivity index (χ1n) is 12.5. The Bertz CT molecular complexity index is 2110. The lowest BCUT2D eigenvalue weighted by Crippen LogP contribution is -2.24. The van der Waals surface area contributed by atoms with Crippen LogP contribution >= 0.6 is 11.9 Å². The van der Waals surface area contributed by atoms with Crippen molar-refractivity contribution < 1.29 is 9.59 Å². The van der Waals surface area contributed by atoms with Crippen LogP contribution in [-0.2, 0) is 0 Å². The second-order valence-electron chi connectivity index (χ2n) is 9.45. The zero-order valence-corrected chi connectivity index (χ0v) is 21.5. The van der Waals surface area contributed by atoms with Crippen LogP contribution in [0.3, 0.4) is 0 Å². The van der Waals surface area contributed by atoms with Gasteiger partial charge in [0.25, 0.3) is 0 Å². The van der Waals surface area contributed by atoms with E-state index in [1.54, 1.807) is 6.07 Å². The third-order valence-corrected chi connectivity index (χ3v) is 7.72. The van der Waals surface area contributed by atoms with E-state index < -0.39 is 6.03 Å². The summed E-state index contributed by atoms with van der Waals surface area (Å²) in [6, 6.07) is 36.1. The molecule has 0 spiro atoms. The summed E-state index contributed by atoms with van der Waals surface area (Å²) in [4.78, 5) is 29.8. The molecular weight excluding hydrogens is 502 g/mol. The van der Waals surface area contributed by atoms with Gasteiger partial charge >= 0.3 is 6.03 Å². The highest BCUT2D eigenvalue weighted by atomic mass is 32.2. The Morgan fingerprint density at radius 2 is 1.21 bits per heavy atom. The van der Waals surface area contributed by atoms with Gasteiger partial charge in [-0.25, -0.2) is 4.79 Å². The molecule has 0 atom stereocenters. The molecule has 0 bridgehead atoms. The number of aromatic nitrogens is 1. The van der Waals surface area contributed by atoms with Crippen LogP contribution in [0.4, 0.5) is 10.5 Å². The summed E-state index contributed by atoms with van der Waals surface area (Å²) in [7, 11) is 0. The number of carbonyl (C=O) groups excluding carboxylic acids is 2. The fourth-order valence-electron chi connectivity index (χ4n) is 5.11. The van der Waals surface area contributed by atoms with E-state index in [0.29, 0.717) is 11.3 Å². The molecule has 0 fully saturated rings. The lowest BCUT2D eigenvalue weighted by molar-refractivity contribution is 0.108. The molecule has 39 heavy (non-hydrogen) atoms. The molecule has 1 aromatic heterocycles. The number of nitrogens with one attached hydrogen (secondary N) is 2. The molecule has 2 amide bonds. The molecule has 7 rings (SSSR count). The van der Waals surface area contributed by atoms with E-state index in [0.717, 1.165) is 44.4 Å². The molecule has 0 saturated carbocycles. The van der Waals surface area contributed by atoms with Crippen molar-refractivity contribution in [2.45, 2.75) is 0 Å². The first-order chi connectivity index (χ1) is 19.1. The van der Waals surface area contributed by atoms with Gasteiger partial charge < -0.3 is 5.32 Å². The van der Waals surface area contributed by atoms with E-state index in [2.05, 4.69) is 75.7 Å². The Kier molecular flexibility index (Phi) is 5.60. The fourth-order valence-corrected chi connectivity index (χ4v) is 5.58. The van der Waals surface area contributed by atoms with Crippen molar-refractivity contribution in [1.82, 2.24) is 9.71 Å². The minimum absolute atomic E-state index is 0.285. The number of carbonyl (C=O) groups is 2. The van der Waals surface area contributed by atoms with Crippen LogP contribution in [-0.4, -0.2) is 16.1 Å². The quantitative estimate of drug-likeness (QED) is 0.135. The maximum atomic E-state index is 12.8. The van der Waals surface area contributed by atoms with Gasteiger partial charge in [-0.15, -0.1) is 0 Å². The summed E-state index contributed by atoms with van der Waals surface area (Å²) in [6.45, 7) is 0. The zero-order chi connectivity index (χ0) is 26.3. The summed E-state index contributed by atoms with van der Waals surface area (Å²) in [5.74, 6) is 0. The number of hydrogen-bond acceptors (Lipinski definition) is 4. The summed E-state index contributed by atoms with van der Waals surface area (Å²) in [5.41, 5.74) is 1.91. The standard InChI is InChI=1S/C33H21N3O2S/c37-32(26-15-25-8-3-4-10-30(25)34-19-26)39-36-33(38)35-31-11-5-9-22-17-28-24(18-29(22)31)13-12-23-14-20-6-1-2-7-21(20)16-27(23)28/h1-19H,(H2,35,36,38). The Morgan fingerprint density at radius 3 is 2.03 bits per heavy atom. The Morgan fingerprint density at radius 1 is 0.590 bits per heavy atom. The topological polar surface area (TPSA) is 71.1 Å². The summed E-state index contributed by atoms with van der Waals surface area (Å²) >= 11 is 0.735. The van der Waals surface area contributed by atoms with E-state index in [9.17, 15) is 9.59 Å². The van der Waals surface area contributed by atoms with Crippen LogP contribution in [0, 0.1) is 0 Å². The lowest BCUT2D eigenvalue weighted by atomic mass is 9.95. The highest BCUT2D eigenvalue weighted by Crippen LogP contribution is 2.34. The predicted molar refractivity (Wildman–Crippen MR) is 162 cm³/mol. The van der Waals surface area contributed by atoms with E-state index in [1.165, 1.54) is 27.7 Å². The molecule has 7 aromatic rings. The van der Waals surface area contributed by atoms with Gasteiger partial charge in [-0.1, -0.05) is 66.7 Å². The molecule has 5 nitrogen and oxygen atoms in total. The SMILES string of the molecule is O=C(NSC(=O)c1cnc2ccccc2c1)Nc1cccc2cc3c(ccc4cc5ccccc5cc43)cc12. The number of urea groups is 1. The predicted octanol–water partition coefficient (Wildman–Crippen LogP) is 8.46. The summed E-state index contributed by atoms with van der Waals surface area (Å²) < 4.78 is 2.61. The van der Waals surface area contributed by atoms with Crippen LogP contribution in [0.5, 0.6) is 0 Å². The molecule has 0 aliphatic carbocycles. The van der Waals surface area contributed by atoms with Crippen LogP contribution in [0.15, 0.2) is 115 Å². The van der Waals surface area contributed by atoms with Crippen LogP contribution < -0.4 is 10.0 Å². The number of nitrogens with zero attached hydrogens (tertiary/aromatic N) is 1. The number of pyridine rings is 1. The Balaban J connectivity index is 1.15. The van der Waals surface area contributed by atoms with Gasteiger partial charge in [0.1, 0.15) is 0 Å². The minimum Gasteiger partial charge on any atom is -0.307 e. The van der Waals surface area contributed by atoms with Gasteiger partial charge in [0.05, 0.1) is 11.2 Å². The third kappa shape index (κ3) is 4.31. The number of benzene rings is 6. The molecule has 6 aromatic carbocycles. The highest BCUT2D eigenvalue weighted by Gasteiger charge is 2.13. The van der Waals surface area contributed by atoms with Crippen molar-refractivity contribution >= 4 is 82.8 Å². The third-order valence-electron chi connectivity index (χ3n) is 7.01. The van der Waals surface area contributed by atoms with Crippen molar-refractivity contribution in [2.24, 2.45) is 0 Å². The molecule has 0 radical (unpaired) electrons. The number of rotatable bonds is 2. The monoisotopic (exact) mass is 523 g/mol. The smallest absolute Gasteiger partial charge is 0.307 e. The van der Waals surface area contributed by atoms with E-state index >= 15 is 0 Å². The maximum Gasteiger partial charge on any atom is 0.329 e. The molecule has 0 unspecified atom stereocenters. The van der Waals surface area contributed by atoms with Gasteiger partial charge in [-0.05, 0) is 80.2 Å². The van der Waals surface area contributed by atoms with Gasteiger partial charge in [0.2, 0.25) is 5.12 Å². The van der Waals surface area contributed by atoms with Crippen molar-refractivity contribution in [1.29, 1.82) is 0 Å². The van der Waals surface area contributed by atoms with Crippen LogP contribution in [0.25, 0.3) is 54.0 Å². The minimum atomic E-state index is -0.473. The fraction of sp³-hybridized carbons (Fsp3) is 0. The first-order valence-corrected chi connectivity index (χ1v) is 13.3. The van der Waals surface area contributed by atoms with E-state index in [4.69, 9.17) is 0 Å². The van der Waals surface area contributed by atoms with Crippen molar-refractivity contribution in [2.75, 3.05) is 5.32 Å². The molecule has 0 aliphatic rings. The highest BCUT2D eigenvalue weighted by molar-refractivity contribution is 8.12. The van der Waals surface area contributed by atoms with Gasteiger partial charge in [0, 0.05) is 34.5 Å². The average molecular weight is 524 g/mol. The van der Waals surface area contributed by atoms with Crippen LogP contribution in [0.1, 0.15) is 10.4 Å². The molecular formula is C33H21N3O2S. The lowest BCUT2D eigenvalue weighted by Gasteiger charge is -2.12. The second-order valence-corrected chi connectivity index (χ2v) is 10.2. The number of para-hydroxylation sites is 1. The number of fused-ring (bicyclic) bond motifs is 6. The molecule has 0 aliphatic heterocycles. The van der Waals surface area contributed by atoms with Crippen molar-refractivity contribution in [3.8, 4) is 0 Å². The first kappa shape index (κ1) is 23.2. The molecule has 6 heteroatoms. The normalized spacial score (nSPS) is 11.4. The van der Waals surface area contributed by atoms with Crippen molar-refractivity contribution in [3.63, 3.8) is 0 Å². The summed E-state index contributed by atoms with van der Waals surface area (Å²) in [5, 5.41) is 12.5. The zero-order valence-electron chi connectivity index (χ0n) is 20.6. The van der Waals surface area contributed by atoms with E-state index in [1.807, 2.05) is 42.5 Å². The molecule has 1 heterocycles. The van der Waals surface area contributed by atoms with E-state index in [-0.39, 0.29) is 5.12 Å². The molecule has 0 saturated heterocycles. The number of amides is 2. The Hall–Kier alpha value is -4.94. The summed E-state index contributed by atoms with van der Waals surface area (Å²) in [6.07, 6.45) is 1.53. The van der Waals surface area contributed by atoms with Gasteiger partial charge in [-0.2, -0.15) is 0 Å². The van der Waals surface area contributed by atoms with Crippen LogP contribution in [0.2, 0.25) is 0 Å². The van der Waals surface area contributed by atoms with Gasteiger partial charge in [-0.3, -0.25) is 14.5 Å². The van der Waals surface area contributed by atoms with Gasteiger partial charge in [0.15, 0.2) is 0 Å². The maximum absolute atomic E-state index is 12.8. The number of anilines is 1. The molecule has 2 N–H and O–H groups in total. The largest absolute Gasteiger partial charge is 0.329 e. The van der Waals surface area contributed by atoms with Crippen molar-refractivity contribution in [3.05, 3.63) is 121 Å². The molecule has 186 valence electrons. The average Bonchev–Trinajstić information content (AvgIpc) is 2.98. The second kappa shape index (κ2) is 9.42. The Labute approximate surface area is 228 Å².